The SMILES string of the molecule is O=C(O)CCc1coc(C2CCSC2)n1. The quantitative estimate of drug-likeness (QED) is 0.851. The zero-order valence-corrected chi connectivity index (χ0v) is 9.13. The van der Waals surface area contributed by atoms with Crippen molar-refractivity contribution in [3.8, 4) is 0 Å². The van der Waals surface area contributed by atoms with Crippen molar-refractivity contribution >= 4 is 17.7 Å². The van der Waals surface area contributed by atoms with Crippen molar-refractivity contribution in [3.05, 3.63) is 17.8 Å². The summed E-state index contributed by atoms with van der Waals surface area (Å²) in [5.74, 6) is 2.64. The molecule has 2 rings (SSSR count). The van der Waals surface area contributed by atoms with Crippen LogP contribution in [0.25, 0.3) is 0 Å². The van der Waals surface area contributed by atoms with Crippen LogP contribution in [0.3, 0.4) is 0 Å². The molecule has 1 aromatic heterocycles. The molecule has 1 aliphatic heterocycles. The van der Waals surface area contributed by atoms with E-state index < -0.39 is 5.97 Å². The lowest BCUT2D eigenvalue weighted by Gasteiger charge is -1.99. The van der Waals surface area contributed by atoms with Crippen molar-refractivity contribution in [2.75, 3.05) is 11.5 Å². The summed E-state index contributed by atoms with van der Waals surface area (Å²) in [6, 6.07) is 0. The van der Waals surface area contributed by atoms with Gasteiger partial charge in [0.25, 0.3) is 0 Å². The number of hydrogen-bond acceptors (Lipinski definition) is 4. The molecular weight excluding hydrogens is 214 g/mol. The fourth-order valence-electron chi connectivity index (χ4n) is 1.59. The van der Waals surface area contributed by atoms with Crippen LogP contribution in [0.2, 0.25) is 0 Å². The topological polar surface area (TPSA) is 63.3 Å². The van der Waals surface area contributed by atoms with Gasteiger partial charge in [0.05, 0.1) is 12.1 Å². The zero-order valence-electron chi connectivity index (χ0n) is 8.31. The second kappa shape index (κ2) is 4.70. The van der Waals surface area contributed by atoms with Gasteiger partial charge in [0.1, 0.15) is 6.26 Å². The van der Waals surface area contributed by atoms with Crippen LogP contribution in [-0.2, 0) is 11.2 Å². The summed E-state index contributed by atoms with van der Waals surface area (Å²) in [6.45, 7) is 0. The van der Waals surface area contributed by atoms with Crippen LogP contribution in [0.15, 0.2) is 10.7 Å². The first-order valence-electron chi connectivity index (χ1n) is 4.99. The van der Waals surface area contributed by atoms with Crippen molar-refractivity contribution in [1.82, 2.24) is 4.98 Å². The first kappa shape index (κ1) is 10.5. The molecule has 0 aliphatic carbocycles. The minimum absolute atomic E-state index is 0.116. The van der Waals surface area contributed by atoms with Crippen LogP contribution < -0.4 is 0 Å². The number of carboxylic acid groups (broad SMARTS) is 1. The summed E-state index contributed by atoms with van der Waals surface area (Å²) in [4.78, 5) is 14.7. The largest absolute Gasteiger partial charge is 0.481 e. The lowest BCUT2D eigenvalue weighted by molar-refractivity contribution is -0.136. The molecule has 15 heavy (non-hydrogen) atoms. The van der Waals surface area contributed by atoms with Gasteiger partial charge in [-0.2, -0.15) is 11.8 Å². The van der Waals surface area contributed by atoms with E-state index in [9.17, 15) is 4.79 Å². The Morgan fingerprint density at radius 1 is 1.73 bits per heavy atom. The van der Waals surface area contributed by atoms with Crippen LogP contribution in [0, 0.1) is 0 Å². The highest BCUT2D eigenvalue weighted by molar-refractivity contribution is 7.99. The third-order valence-corrected chi connectivity index (χ3v) is 3.61. The second-order valence-electron chi connectivity index (χ2n) is 3.63. The van der Waals surface area contributed by atoms with Crippen molar-refractivity contribution in [1.29, 1.82) is 0 Å². The van der Waals surface area contributed by atoms with Gasteiger partial charge in [-0.25, -0.2) is 4.98 Å². The van der Waals surface area contributed by atoms with E-state index in [4.69, 9.17) is 9.52 Å². The van der Waals surface area contributed by atoms with Gasteiger partial charge in [0.15, 0.2) is 5.89 Å². The molecule has 1 N–H and O–H groups in total. The Labute approximate surface area is 92.1 Å². The standard InChI is InChI=1S/C10H13NO3S/c12-9(13)2-1-8-5-14-10(11-8)7-3-4-15-6-7/h5,7H,1-4,6H2,(H,12,13). The summed E-state index contributed by atoms with van der Waals surface area (Å²) in [6.07, 6.45) is 3.27. The van der Waals surface area contributed by atoms with Gasteiger partial charge in [-0.15, -0.1) is 0 Å². The van der Waals surface area contributed by atoms with Gasteiger partial charge in [0.2, 0.25) is 0 Å². The van der Waals surface area contributed by atoms with E-state index in [1.54, 1.807) is 6.26 Å². The molecule has 1 aliphatic rings. The van der Waals surface area contributed by atoms with E-state index >= 15 is 0 Å². The number of aliphatic carboxylic acids is 1. The molecule has 0 spiro atoms. The smallest absolute Gasteiger partial charge is 0.303 e. The maximum Gasteiger partial charge on any atom is 0.303 e. The molecule has 5 heteroatoms. The number of carboxylic acids is 1. The zero-order chi connectivity index (χ0) is 10.7. The summed E-state index contributed by atoms with van der Waals surface area (Å²) in [7, 11) is 0. The predicted octanol–water partition coefficient (Wildman–Crippen LogP) is 1.91. The molecular formula is C10H13NO3S. The highest BCUT2D eigenvalue weighted by atomic mass is 32.2. The normalized spacial score (nSPS) is 20.7. The van der Waals surface area contributed by atoms with Gasteiger partial charge in [-0.05, 0) is 12.2 Å². The van der Waals surface area contributed by atoms with Crippen LogP contribution in [0.4, 0.5) is 0 Å². The molecule has 0 aromatic carbocycles. The molecule has 4 nitrogen and oxygen atoms in total. The van der Waals surface area contributed by atoms with E-state index in [0.717, 1.165) is 29.5 Å². The average Bonchev–Trinajstić information content (AvgIpc) is 2.85. The maximum absolute atomic E-state index is 10.4. The Morgan fingerprint density at radius 2 is 2.60 bits per heavy atom. The highest BCUT2D eigenvalue weighted by Gasteiger charge is 2.22. The van der Waals surface area contributed by atoms with Crippen molar-refractivity contribution in [3.63, 3.8) is 0 Å². The summed E-state index contributed by atoms with van der Waals surface area (Å²) in [5.41, 5.74) is 0.754. The van der Waals surface area contributed by atoms with Crippen molar-refractivity contribution < 1.29 is 14.3 Å². The summed E-state index contributed by atoms with van der Waals surface area (Å²) in [5, 5.41) is 8.53. The minimum Gasteiger partial charge on any atom is -0.481 e. The average molecular weight is 227 g/mol. The van der Waals surface area contributed by atoms with E-state index in [1.165, 1.54) is 0 Å². The summed E-state index contributed by atoms with van der Waals surface area (Å²) < 4.78 is 5.36. The lowest BCUT2D eigenvalue weighted by Crippen LogP contribution is -1.99. The number of aromatic nitrogens is 1. The van der Waals surface area contributed by atoms with Crippen LogP contribution in [-0.4, -0.2) is 27.6 Å². The predicted molar refractivity (Wildman–Crippen MR) is 57.1 cm³/mol. The fourth-order valence-corrected chi connectivity index (χ4v) is 2.80. The van der Waals surface area contributed by atoms with E-state index in [2.05, 4.69) is 4.98 Å². The van der Waals surface area contributed by atoms with Gasteiger partial charge < -0.3 is 9.52 Å². The molecule has 0 saturated carbocycles. The lowest BCUT2D eigenvalue weighted by atomic mass is 10.1. The Kier molecular flexibility index (Phi) is 3.30. The number of hydrogen-bond donors (Lipinski definition) is 1. The number of nitrogens with zero attached hydrogens (tertiary/aromatic N) is 1. The Bertz CT molecular complexity index is 344. The van der Waals surface area contributed by atoms with Gasteiger partial charge in [-0.3, -0.25) is 4.79 Å². The molecule has 0 amide bonds. The van der Waals surface area contributed by atoms with Crippen molar-refractivity contribution in [2.45, 2.75) is 25.2 Å². The third kappa shape index (κ3) is 2.75. The molecule has 1 atom stereocenters. The maximum atomic E-state index is 10.4. The molecule has 0 bridgehead atoms. The van der Waals surface area contributed by atoms with Crippen LogP contribution in [0.1, 0.15) is 30.3 Å². The van der Waals surface area contributed by atoms with Gasteiger partial charge in [-0.1, -0.05) is 0 Å². The van der Waals surface area contributed by atoms with Gasteiger partial charge >= 0.3 is 5.97 Å². The summed E-state index contributed by atoms with van der Waals surface area (Å²) >= 11 is 1.91. The molecule has 2 heterocycles. The van der Waals surface area contributed by atoms with Crippen molar-refractivity contribution in [2.24, 2.45) is 0 Å². The molecule has 1 aromatic rings. The minimum atomic E-state index is -0.795. The number of carbonyl (C=O) groups is 1. The fraction of sp³-hybridized carbons (Fsp3) is 0.600. The first-order valence-corrected chi connectivity index (χ1v) is 6.15. The van der Waals surface area contributed by atoms with Crippen LogP contribution >= 0.6 is 11.8 Å². The molecule has 82 valence electrons. The number of thioether (sulfide) groups is 1. The third-order valence-electron chi connectivity index (χ3n) is 2.44. The Morgan fingerprint density at radius 3 is 3.27 bits per heavy atom. The Balaban J connectivity index is 1.94. The van der Waals surface area contributed by atoms with Crippen LogP contribution in [0.5, 0.6) is 0 Å². The van der Waals surface area contributed by atoms with E-state index in [1.807, 2.05) is 11.8 Å². The molecule has 1 fully saturated rings. The number of oxazole rings is 1. The van der Waals surface area contributed by atoms with E-state index in [0.29, 0.717) is 12.3 Å². The van der Waals surface area contributed by atoms with E-state index in [-0.39, 0.29) is 6.42 Å². The number of rotatable bonds is 4. The second-order valence-corrected chi connectivity index (χ2v) is 4.78. The van der Waals surface area contributed by atoms with Gasteiger partial charge in [0, 0.05) is 18.1 Å². The molecule has 0 radical (unpaired) electrons. The Hall–Kier alpha value is -0.970. The molecule has 1 unspecified atom stereocenters. The molecule has 1 saturated heterocycles. The number of aryl methyl sites for hydroxylation is 1. The highest BCUT2D eigenvalue weighted by Crippen LogP contribution is 2.31. The monoisotopic (exact) mass is 227 g/mol. The first-order chi connectivity index (χ1) is 7.25.